The van der Waals surface area contributed by atoms with Crippen molar-refractivity contribution < 1.29 is 287 Å². The number of hydrogen-bond donors (Lipinski definition) is 3. The summed E-state index contributed by atoms with van der Waals surface area (Å²) in [5.74, 6) is -1.31. The van der Waals surface area contributed by atoms with Crippen LogP contribution in [-0.2, 0) is 277 Å². The molecule has 3 N–H and O–H groups in total. The molecule has 122 heavy (non-hydrogen) atoms. The Labute approximate surface area is 698 Å². The van der Waals surface area contributed by atoms with Crippen LogP contribution in [0.1, 0.15) is 277 Å². The molecule has 0 heterocycles. The van der Waals surface area contributed by atoms with Crippen LogP contribution >= 0.6 is 7.82 Å². The Hall–Kier alpha value is -4.29. The van der Waals surface area contributed by atoms with Gasteiger partial charge >= 0.3 is 34.7 Å². The molecule has 0 saturated carbocycles. The molecule has 0 aliphatic heterocycles. The van der Waals surface area contributed by atoms with Gasteiger partial charge in [0.1, 0.15) is 26.1 Å². The Balaban J connectivity index is 3.74. The van der Waals surface area contributed by atoms with E-state index in [-0.39, 0.29) is 25.3 Å². The summed E-state index contributed by atoms with van der Waals surface area (Å²) >= 11 is 0. The molecule has 0 spiro atoms. The standard InChI is InChI=1S/C60H117N2O58PSi/c1-6-8-10-12-14-16-18-20-22-24-26-28-33-37-41-45-58(64)73-54-56(78-59(65)46-42-38-34-29-27-25-23-21-19-17-15-13-11-9-7-2)55-77-121(67,68)76-50-48-62-60(66)72-51-52-75-80-82-84-86-88-90-92-94-96-98-100-102-104-106-108-110-112-114-116-118-120-119-117-115-113-111-109-107-105-103-101-99-97-95-93-91-89-87-85-83-81-79-74-49-47-61-57(63)44-40-36-32-30-31-35-39-43-53-122(69-3,70-4)71-5/h47,49,56H,6-46,48,50-55H2,1-5H3,(H,61,63)(H,62,66)(H,67,68)/b49-47-/t56-/m1/s1. The Morgan fingerprint density at radius 2 is 0.623 bits per heavy atom. The van der Waals surface area contributed by atoms with Gasteiger partial charge in [-0.15, -0.1) is 0 Å². The first-order valence-corrected chi connectivity index (χ1v) is 42.1. The summed E-state index contributed by atoms with van der Waals surface area (Å²) < 4.78 is 54.7. The fourth-order valence-electron chi connectivity index (χ4n) is 9.67. The molecular formula is C60H117N2O58PSi. The molecule has 1 unspecified atom stereocenters. The van der Waals surface area contributed by atoms with Crippen molar-refractivity contribution >= 4 is 40.6 Å². The van der Waals surface area contributed by atoms with Crippen molar-refractivity contribution in [3.05, 3.63) is 12.5 Å². The summed E-state index contributed by atoms with van der Waals surface area (Å²) in [6.07, 6.45) is 43.5. The molecule has 0 fully saturated rings. The van der Waals surface area contributed by atoms with Gasteiger partial charge in [-0.3, -0.25) is 23.4 Å². The lowest BCUT2D eigenvalue weighted by atomic mass is 10.0. The predicted molar refractivity (Wildman–Crippen MR) is 364 cm³/mol. The highest BCUT2D eigenvalue weighted by Gasteiger charge is 2.37. The molecule has 0 aliphatic carbocycles. The van der Waals surface area contributed by atoms with E-state index >= 15 is 0 Å². The van der Waals surface area contributed by atoms with Gasteiger partial charge in [-0.1, -0.05) is 232 Å². The number of amides is 2. The third-order valence-corrected chi connectivity index (χ3v) is 19.1. The number of rotatable bonds is 104. The first-order chi connectivity index (χ1) is 60.0. The van der Waals surface area contributed by atoms with Crippen molar-refractivity contribution in [3.8, 4) is 0 Å². The third-order valence-electron chi connectivity index (χ3n) is 15.3. The minimum absolute atomic E-state index is 0.107. The van der Waals surface area contributed by atoms with Gasteiger partial charge in [-0.05, 0) is 66.0 Å². The van der Waals surface area contributed by atoms with Gasteiger partial charge in [0.05, 0.1) is 13.2 Å². The van der Waals surface area contributed by atoms with Crippen molar-refractivity contribution in [2.24, 2.45) is 0 Å². The average molecular weight is 1850 g/mol. The Morgan fingerprint density at radius 3 is 0.959 bits per heavy atom. The van der Waals surface area contributed by atoms with Gasteiger partial charge in [0, 0.05) is 231 Å². The summed E-state index contributed by atoms with van der Waals surface area (Å²) in [6.45, 7) is 1.69. The Morgan fingerprint density at radius 1 is 0.328 bits per heavy atom. The maximum absolute atomic E-state index is 12.9. The van der Waals surface area contributed by atoms with Gasteiger partial charge < -0.3 is 47.9 Å². The second kappa shape index (κ2) is 97.3. The molecule has 2 amide bonds. The highest BCUT2D eigenvalue weighted by molar-refractivity contribution is 7.47. The number of unbranched alkanes of at least 4 members (excludes halogenated alkanes) is 35. The van der Waals surface area contributed by atoms with Gasteiger partial charge in [0.25, 0.3) is 0 Å². The van der Waals surface area contributed by atoms with Gasteiger partial charge in [0.15, 0.2) is 6.10 Å². The van der Waals surface area contributed by atoms with Crippen molar-refractivity contribution in [2.75, 3.05) is 60.9 Å². The first kappa shape index (κ1) is 118. The lowest BCUT2D eigenvalue weighted by Crippen LogP contribution is -2.42. The van der Waals surface area contributed by atoms with Gasteiger partial charge in [-0.25, -0.2) is 14.2 Å². The molecule has 0 rings (SSSR count). The SMILES string of the molecule is CCCCCCCCCCCCCCCCCC(=O)OC[C@H](COP(=O)(O)OCCNC(=O)OCCOOOOOOOOOOOOOOOOOOOOOOOOOOOOOOOOOOOOOOOOOOOO/C=C\NC(=O)CCCCCCCCCC[Si](OC)(OC)OC)OC(=O)CCCCCCCCCCCCCCCCC. The molecule has 0 aromatic carbocycles. The van der Waals surface area contributed by atoms with Crippen LogP contribution in [0, 0.1) is 0 Å². The number of phosphoric ester groups is 1. The molecule has 0 saturated heterocycles. The molecule has 0 aliphatic rings. The van der Waals surface area contributed by atoms with Crippen molar-refractivity contribution in [1.82, 2.24) is 10.6 Å². The van der Waals surface area contributed by atoms with Crippen LogP contribution in [-0.4, -0.2) is 105 Å². The molecule has 0 aromatic heterocycles. The Kier molecular flexibility index (Phi) is 93.9. The number of phosphoric acid groups is 1. The summed E-state index contributed by atoms with van der Waals surface area (Å²) in [4.78, 5) is 68.5. The first-order valence-electron chi connectivity index (χ1n) is 38.7. The lowest BCUT2D eigenvalue weighted by Gasteiger charge is -2.24. The third kappa shape index (κ3) is 91.9. The second-order valence-electron chi connectivity index (χ2n) is 24.1. The smallest absolute Gasteiger partial charge is 0.462 e. The number of hydrogen-bond acceptors (Lipinski definition) is 57. The fourth-order valence-corrected chi connectivity index (χ4v) is 12.2. The number of esters is 2. The minimum atomic E-state index is -4.77. The molecular weight excluding hydrogens is 1740 g/mol. The molecule has 724 valence electrons. The number of ether oxygens (including phenoxy) is 3. The van der Waals surface area contributed by atoms with Crippen molar-refractivity contribution in [1.29, 1.82) is 0 Å². The van der Waals surface area contributed by atoms with Gasteiger partial charge in [0.2, 0.25) is 5.91 Å². The summed E-state index contributed by atoms with van der Waals surface area (Å²) in [5.41, 5.74) is 0. The molecule has 2 atom stereocenters. The van der Waals surface area contributed by atoms with Crippen molar-refractivity contribution in [2.45, 2.75) is 289 Å². The van der Waals surface area contributed by atoms with Crippen LogP contribution < -0.4 is 10.6 Å². The molecule has 0 aromatic rings. The average Bonchev–Trinajstić information content (AvgIpc) is 0.903. The zero-order valence-electron chi connectivity index (χ0n) is 68.3. The summed E-state index contributed by atoms with van der Waals surface area (Å²) in [5, 5.41) is 158. The van der Waals surface area contributed by atoms with E-state index in [0.717, 1.165) is 108 Å². The maximum Gasteiger partial charge on any atom is 0.500 e. The van der Waals surface area contributed by atoms with Crippen LogP contribution in [0.3, 0.4) is 0 Å². The number of alkyl carbamates (subject to hydrolysis) is 1. The minimum Gasteiger partial charge on any atom is -0.462 e. The molecule has 0 radical (unpaired) electrons. The molecule has 62 heteroatoms. The second-order valence-corrected chi connectivity index (χ2v) is 28.7. The van der Waals surface area contributed by atoms with E-state index in [1.54, 1.807) is 21.3 Å². The van der Waals surface area contributed by atoms with Gasteiger partial charge in [-0.2, -0.15) is 0 Å². The highest BCUT2D eigenvalue weighted by Crippen LogP contribution is 2.43. The van der Waals surface area contributed by atoms with Crippen LogP contribution in [0.15, 0.2) is 12.5 Å². The Bertz CT molecular complexity index is 2280. The lowest BCUT2D eigenvalue weighted by molar-refractivity contribution is -0.909. The highest BCUT2D eigenvalue weighted by atomic mass is 31.2. The number of carbonyl (C=O) groups excluding carboxylic acids is 4. The van der Waals surface area contributed by atoms with Crippen LogP contribution in [0.25, 0.3) is 0 Å². The topological polar surface area (TPSA) is 610 Å². The van der Waals surface area contributed by atoms with Crippen LogP contribution in [0.2, 0.25) is 6.04 Å². The predicted octanol–water partition coefficient (Wildman–Crippen LogP) is 12.9. The van der Waals surface area contributed by atoms with E-state index in [4.69, 9.17) is 36.5 Å². The zero-order chi connectivity index (χ0) is 88.4. The van der Waals surface area contributed by atoms with E-state index in [0.29, 0.717) is 25.7 Å². The maximum atomic E-state index is 12.9. The quantitative estimate of drug-likeness (QED) is 0.00744. The van der Waals surface area contributed by atoms with E-state index in [9.17, 15) is 28.6 Å². The van der Waals surface area contributed by atoms with Crippen LogP contribution in [0.5, 0.6) is 0 Å². The van der Waals surface area contributed by atoms with E-state index in [1.807, 2.05) is 0 Å². The van der Waals surface area contributed by atoms with E-state index < -0.39 is 73.8 Å². The van der Waals surface area contributed by atoms with Crippen LogP contribution in [0.4, 0.5) is 4.79 Å². The number of carbonyl (C=O) groups is 4. The normalized spacial score (nSPS) is 12.5. The zero-order valence-corrected chi connectivity index (χ0v) is 70.2. The van der Waals surface area contributed by atoms with Crippen molar-refractivity contribution in [3.63, 3.8) is 0 Å². The van der Waals surface area contributed by atoms with E-state index in [1.165, 1.54) is 135 Å². The van der Waals surface area contributed by atoms with E-state index in [2.05, 4.69) is 246 Å². The number of nitrogens with one attached hydrogen (secondary N) is 2. The summed E-state index contributed by atoms with van der Waals surface area (Å²) in [7, 11) is -2.48. The largest absolute Gasteiger partial charge is 0.500 e. The molecule has 0 bridgehead atoms. The fraction of sp³-hybridized carbons (Fsp3) is 0.900. The molecule has 60 nitrogen and oxygen atoms in total. The monoisotopic (exact) mass is 1850 g/mol. The summed E-state index contributed by atoms with van der Waals surface area (Å²) in [6, 6.07) is 0.777.